The van der Waals surface area contributed by atoms with Crippen LogP contribution in [0.25, 0.3) is 0 Å². The molecule has 0 spiro atoms. The van der Waals surface area contributed by atoms with Gasteiger partial charge in [-0.05, 0) is 24.9 Å². The lowest BCUT2D eigenvalue weighted by Gasteiger charge is -2.24. The van der Waals surface area contributed by atoms with Crippen molar-refractivity contribution in [2.45, 2.75) is 56.3 Å². The van der Waals surface area contributed by atoms with Crippen molar-refractivity contribution in [1.29, 1.82) is 0 Å². The Morgan fingerprint density at radius 3 is 1.76 bits per heavy atom. The number of carbonyl (C=O) groups is 7. The van der Waals surface area contributed by atoms with Crippen molar-refractivity contribution in [3.63, 3.8) is 0 Å². The summed E-state index contributed by atoms with van der Waals surface area (Å²) in [6.07, 6.45) is -0.216. The summed E-state index contributed by atoms with van der Waals surface area (Å²) in [6.45, 7) is 0. The fourth-order valence-corrected chi connectivity index (χ4v) is 3.03. The second-order valence-electron chi connectivity index (χ2n) is 7.18. The topological polar surface area (TPSA) is 274 Å². The molecule has 192 valence electrons. The molecule has 0 saturated heterocycles. The number of nitrogens with two attached hydrogens (primary N) is 3. The molecule has 0 aliphatic carbocycles. The van der Waals surface area contributed by atoms with E-state index in [4.69, 9.17) is 22.3 Å². The number of carbonyl (C=O) groups excluding carboxylic acids is 5. The molecule has 4 atom stereocenters. The first-order valence-corrected chi connectivity index (χ1v) is 11.3. The number of thioether (sulfide) groups is 1. The van der Waals surface area contributed by atoms with Gasteiger partial charge >= 0.3 is 11.9 Å². The van der Waals surface area contributed by atoms with Crippen LogP contribution < -0.4 is 33.2 Å². The van der Waals surface area contributed by atoms with E-state index in [0.29, 0.717) is 5.75 Å². The minimum absolute atomic E-state index is 0.0522. The molecule has 0 aromatic carbocycles. The Balaban J connectivity index is 5.49. The number of hydrogen-bond donors (Lipinski definition) is 8. The molecule has 15 nitrogen and oxygen atoms in total. The van der Waals surface area contributed by atoms with E-state index in [2.05, 4.69) is 16.0 Å². The summed E-state index contributed by atoms with van der Waals surface area (Å²) in [5.41, 5.74) is 15.6. The van der Waals surface area contributed by atoms with Crippen LogP contribution in [0.15, 0.2) is 0 Å². The predicted octanol–water partition coefficient (Wildman–Crippen LogP) is -3.78. The number of primary amides is 2. The molecule has 0 aromatic heterocycles. The molecule has 0 aromatic rings. The molecular weight excluding hydrogens is 476 g/mol. The van der Waals surface area contributed by atoms with Gasteiger partial charge in [0.2, 0.25) is 29.5 Å². The van der Waals surface area contributed by atoms with Gasteiger partial charge < -0.3 is 43.4 Å². The van der Waals surface area contributed by atoms with E-state index in [1.807, 2.05) is 0 Å². The number of hydrogen-bond acceptors (Lipinski definition) is 9. The Hall–Kier alpha value is -3.40. The van der Waals surface area contributed by atoms with Gasteiger partial charge in [0.25, 0.3) is 0 Å². The zero-order valence-electron chi connectivity index (χ0n) is 18.4. The molecular formula is C18H30N6O9S. The van der Waals surface area contributed by atoms with Crippen LogP contribution in [0.4, 0.5) is 0 Å². The van der Waals surface area contributed by atoms with Crippen molar-refractivity contribution < 1.29 is 43.8 Å². The maximum absolute atomic E-state index is 12.7. The standard InChI is InChI=1S/C18H30N6O9S/c1-34-5-4-9(16(30)23-10(18(32)33)2-3-12(20)25)22-17(31)11(7-13(21)26)24-15(29)8(19)6-14(27)28/h8-11H,2-7,19H2,1H3,(H2,20,25)(H2,21,26)(H,22,31)(H,23,30)(H,24,29)(H,27,28)(H,32,33). The monoisotopic (exact) mass is 506 g/mol. The van der Waals surface area contributed by atoms with Gasteiger partial charge in [0, 0.05) is 6.42 Å². The summed E-state index contributed by atoms with van der Waals surface area (Å²) < 4.78 is 0. The number of aliphatic carboxylic acids is 2. The third kappa shape index (κ3) is 12.6. The second-order valence-corrected chi connectivity index (χ2v) is 8.17. The zero-order valence-corrected chi connectivity index (χ0v) is 19.3. The molecule has 0 fully saturated rings. The van der Waals surface area contributed by atoms with E-state index < -0.39 is 78.5 Å². The van der Waals surface area contributed by atoms with E-state index in [1.54, 1.807) is 6.26 Å². The van der Waals surface area contributed by atoms with Gasteiger partial charge in [-0.3, -0.25) is 28.8 Å². The Morgan fingerprint density at radius 1 is 0.765 bits per heavy atom. The Kier molecular flexibility index (Phi) is 13.9. The van der Waals surface area contributed by atoms with E-state index >= 15 is 0 Å². The van der Waals surface area contributed by atoms with Crippen molar-refractivity contribution in [3.05, 3.63) is 0 Å². The van der Waals surface area contributed by atoms with E-state index in [-0.39, 0.29) is 19.3 Å². The number of carboxylic acid groups (broad SMARTS) is 2. The first kappa shape index (κ1) is 30.6. The summed E-state index contributed by atoms with van der Waals surface area (Å²) in [4.78, 5) is 81.9. The molecule has 4 unspecified atom stereocenters. The average Bonchev–Trinajstić information content (AvgIpc) is 2.71. The van der Waals surface area contributed by atoms with Crippen molar-refractivity contribution in [3.8, 4) is 0 Å². The van der Waals surface area contributed by atoms with Crippen LogP contribution in [-0.2, 0) is 33.6 Å². The van der Waals surface area contributed by atoms with Crippen LogP contribution in [0.1, 0.15) is 32.1 Å². The molecule has 0 heterocycles. The van der Waals surface area contributed by atoms with Gasteiger partial charge in [-0.2, -0.15) is 11.8 Å². The van der Waals surface area contributed by atoms with Gasteiger partial charge in [-0.25, -0.2) is 4.79 Å². The van der Waals surface area contributed by atoms with E-state index in [0.717, 1.165) is 0 Å². The zero-order chi connectivity index (χ0) is 26.4. The highest BCUT2D eigenvalue weighted by Crippen LogP contribution is 2.05. The lowest BCUT2D eigenvalue weighted by atomic mass is 10.1. The fourth-order valence-electron chi connectivity index (χ4n) is 2.56. The number of amides is 5. The highest BCUT2D eigenvalue weighted by molar-refractivity contribution is 7.98. The molecule has 0 bridgehead atoms. The molecule has 0 rings (SSSR count). The number of carboxylic acids is 2. The van der Waals surface area contributed by atoms with Crippen LogP contribution in [0.3, 0.4) is 0 Å². The summed E-state index contributed by atoms with van der Waals surface area (Å²) in [6, 6.07) is -5.81. The summed E-state index contributed by atoms with van der Waals surface area (Å²) in [7, 11) is 0. The summed E-state index contributed by atoms with van der Waals surface area (Å²) in [5.74, 6) is -7.08. The highest BCUT2D eigenvalue weighted by atomic mass is 32.2. The third-order valence-electron chi connectivity index (χ3n) is 4.31. The number of rotatable bonds is 17. The van der Waals surface area contributed by atoms with Crippen molar-refractivity contribution in [2.75, 3.05) is 12.0 Å². The largest absolute Gasteiger partial charge is 0.481 e. The predicted molar refractivity (Wildman–Crippen MR) is 119 cm³/mol. The van der Waals surface area contributed by atoms with Gasteiger partial charge in [-0.15, -0.1) is 0 Å². The Labute approximate surface area is 198 Å². The molecule has 11 N–H and O–H groups in total. The first-order chi connectivity index (χ1) is 15.8. The lowest BCUT2D eigenvalue weighted by Crippen LogP contribution is -2.58. The number of nitrogens with one attached hydrogen (secondary N) is 3. The fraction of sp³-hybridized carbons (Fsp3) is 0.611. The Bertz CT molecular complexity index is 794. The SMILES string of the molecule is CSCCC(NC(=O)C(CC(N)=O)NC(=O)C(N)CC(=O)O)C(=O)NC(CCC(N)=O)C(=O)O. The third-order valence-corrected chi connectivity index (χ3v) is 4.95. The maximum Gasteiger partial charge on any atom is 0.326 e. The lowest BCUT2D eigenvalue weighted by molar-refractivity contribution is -0.142. The molecule has 0 aliphatic heterocycles. The minimum Gasteiger partial charge on any atom is -0.481 e. The molecule has 0 saturated carbocycles. The minimum atomic E-state index is -1.57. The first-order valence-electron chi connectivity index (χ1n) is 9.95. The van der Waals surface area contributed by atoms with Crippen LogP contribution >= 0.6 is 11.8 Å². The molecule has 16 heteroatoms. The van der Waals surface area contributed by atoms with Crippen molar-refractivity contribution in [1.82, 2.24) is 16.0 Å². The summed E-state index contributed by atoms with van der Waals surface area (Å²) >= 11 is 1.33. The normalized spacial score (nSPS) is 14.1. The van der Waals surface area contributed by atoms with E-state index in [9.17, 15) is 38.7 Å². The average molecular weight is 507 g/mol. The second kappa shape index (κ2) is 15.4. The smallest absolute Gasteiger partial charge is 0.326 e. The molecule has 0 radical (unpaired) electrons. The van der Waals surface area contributed by atoms with Crippen molar-refractivity contribution in [2.24, 2.45) is 17.2 Å². The molecule has 5 amide bonds. The van der Waals surface area contributed by atoms with Gasteiger partial charge in [-0.1, -0.05) is 0 Å². The molecule has 0 aliphatic rings. The highest BCUT2D eigenvalue weighted by Gasteiger charge is 2.31. The maximum atomic E-state index is 12.7. The summed E-state index contributed by atoms with van der Waals surface area (Å²) in [5, 5.41) is 24.7. The van der Waals surface area contributed by atoms with Gasteiger partial charge in [0.15, 0.2) is 0 Å². The van der Waals surface area contributed by atoms with Gasteiger partial charge in [0.05, 0.1) is 18.9 Å². The van der Waals surface area contributed by atoms with Crippen LogP contribution in [0, 0.1) is 0 Å². The van der Waals surface area contributed by atoms with Crippen LogP contribution in [-0.4, -0.2) is 87.9 Å². The van der Waals surface area contributed by atoms with Crippen LogP contribution in [0.2, 0.25) is 0 Å². The van der Waals surface area contributed by atoms with Crippen molar-refractivity contribution >= 4 is 53.2 Å². The van der Waals surface area contributed by atoms with Crippen LogP contribution in [0.5, 0.6) is 0 Å². The Morgan fingerprint density at radius 2 is 1.29 bits per heavy atom. The van der Waals surface area contributed by atoms with Gasteiger partial charge in [0.1, 0.15) is 18.1 Å². The molecule has 34 heavy (non-hydrogen) atoms. The van der Waals surface area contributed by atoms with E-state index in [1.165, 1.54) is 11.8 Å². The quantitative estimate of drug-likeness (QED) is 0.0947.